The van der Waals surface area contributed by atoms with Crippen molar-refractivity contribution in [1.29, 1.82) is 0 Å². The molecule has 0 fully saturated rings. The van der Waals surface area contributed by atoms with Crippen molar-refractivity contribution in [3.63, 3.8) is 0 Å². The summed E-state index contributed by atoms with van der Waals surface area (Å²) in [4.78, 5) is 10.5. The number of rotatable bonds is 3. The molecule has 0 aliphatic carbocycles. The van der Waals surface area contributed by atoms with Gasteiger partial charge in [0, 0.05) is 5.02 Å². The van der Waals surface area contributed by atoms with Gasteiger partial charge in [-0.25, -0.2) is 0 Å². The molecule has 4 heteroatoms. The average Bonchev–Trinajstić information content (AvgIpc) is 2.08. The molecule has 2 nitrogen and oxygen atoms in total. The Labute approximate surface area is 95.0 Å². The topological polar surface area (TPSA) is 37.3 Å². The van der Waals surface area contributed by atoms with Crippen molar-refractivity contribution >= 4 is 40.2 Å². The third-order valence-corrected chi connectivity index (χ3v) is 2.82. The monoisotopic (exact) mass is 310 g/mol. The molecule has 0 heterocycles. The number of halogens is 2. The van der Waals surface area contributed by atoms with Gasteiger partial charge in [0.2, 0.25) is 0 Å². The number of hydrogen-bond donors (Lipinski definition) is 1. The van der Waals surface area contributed by atoms with E-state index in [1.807, 2.05) is 34.7 Å². The molecule has 70 valence electrons. The van der Waals surface area contributed by atoms with Gasteiger partial charge in [0.1, 0.15) is 3.92 Å². The predicted octanol–water partition coefficient (Wildman–Crippen LogP) is 2.77. The number of aliphatic carboxylic acids is 1. The summed E-state index contributed by atoms with van der Waals surface area (Å²) in [6.45, 7) is 0. The van der Waals surface area contributed by atoms with Gasteiger partial charge in [-0.15, -0.1) is 0 Å². The van der Waals surface area contributed by atoms with Gasteiger partial charge >= 0.3 is 5.97 Å². The van der Waals surface area contributed by atoms with Crippen LogP contribution in [0.5, 0.6) is 0 Å². The lowest BCUT2D eigenvalue weighted by Gasteiger charge is -2.03. The summed E-state index contributed by atoms with van der Waals surface area (Å²) in [6.07, 6.45) is 0.535. The molecule has 0 aliphatic rings. The zero-order chi connectivity index (χ0) is 9.84. The Morgan fingerprint density at radius 1 is 1.46 bits per heavy atom. The van der Waals surface area contributed by atoms with Crippen molar-refractivity contribution in [1.82, 2.24) is 0 Å². The summed E-state index contributed by atoms with van der Waals surface area (Å²) in [7, 11) is 0. The van der Waals surface area contributed by atoms with Gasteiger partial charge in [0.15, 0.2) is 0 Å². The van der Waals surface area contributed by atoms with Gasteiger partial charge in [-0.05, 0) is 24.1 Å². The lowest BCUT2D eigenvalue weighted by Crippen LogP contribution is -2.15. The van der Waals surface area contributed by atoms with E-state index in [1.165, 1.54) is 0 Å². The molecule has 0 saturated carbocycles. The smallest absolute Gasteiger partial charge is 0.316 e. The second-order valence-corrected chi connectivity index (χ2v) is 4.58. The Kier molecular flexibility index (Phi) is 3.99. The van der Waals surface area contributed by atoms with E-state index in [1.54, 1.807) is 12.1 Å². The zero-order valence-corrected chi connectivity index (χ0v) is 9.62. The average molecular weight is 311 g/mol. The highest BCUT2D eigenvalue weighted by Gasteiger charge is 2.12. The van der Waals surface area contributed by atoms with Crippen molar-refractivity contribution in [2.75, 3.05) is 0 Å². The van der Waals surface area contributed by atoms with Gasteiger partial charge < -0.3 is 5.11 Å². The van der Waals surface area contributed by atoms with Gasteiger partial charge in [-0.1, -0.05) is 46.3 Å². The van der Waals surface area contributed by atoms with Crippen LogP contribution < -0.4 is 0 Å². The molecular weight excluding hydrogens is 302 g/mol. The summed E-state index contributed by atoms with van der Waals surface area (Å²) in [5, 5.41) is 9.33. The van der Waals surface area contributed by atoms with Crippen LogP contribution in [-0.4, -0.2) is 15.0 Å². The molecule has 0 radical (unpaired) electrons. The minimum absolute atomic E-state index is 0.376. The maximum Gasteiger partial charge on any atom is 0.316 e. The summed E-state index contributed by atoms with van der Waals surface area (Å²) >= 11 is 7.60. The van der Waals surface area contributed by atoms with E-state index >= 15 is 0 Å². The molecule has 13 heavy (non-hydrogen) atoms. The molecule has 0 aromatic heterocycles. The summed E-state index contributed by atoms with van der Waals surface area (Å²) in [5.74, 6) is -0.782. The van der Waals surface area contributed by atoms with Crippen LogP contribution in [0.3, 0.4) is 0 Å². The Hall–Kier alpha value is -0.290. The minimum atomic E-state index is -0.782. The maximum absolute atomic E-state index is 10.5. The highest BCUT2D eigenvalue weighted by atomic mass is 127. The van der Waals surface area contributed by atoms with E-state index in [-0.39, 0.29) is 3.92 Å². The first-order chi connectivity index (χ1) is 6.09. The molecular formula is C9H8ClIO2. The van der Waals surface area contributed by atoms with Crippen molar-refractivity contribution < 1.29 is 9.90 Å². The van der Waals surface area contributed by atoms with Crippen LogP contribution in [0, 0.1) is 0 Å². The summed E-state index contributed by atoms with van der Waals surface area (Å²) in [6, 6.07) is 7.22. The quantitative estimate of drug-likeness (QED) is 0.688. The minimum Gasteiger partial charge on any atom is -0.480 e. The Morgan fingerprint density at radius 2 is 2.00 bits per heavy atom. The molecule has 1 aromatic carbocycles. The predicted molar refractivity (Wildman–Crippen MR) is 60.6 cm³/mol. The van der Waals surface area contributed by atoms with Crippen molar-refractivity contribution in [2.24, 2.45) is 0 Å². The summed E-state index contributed by atoms with van der Waals surface area (Å²) in [5.41, 5.74) is 0.992. The van der Waals surface area contributed by atoms with E-state index in [0.717, 1.165) is 5.56 Å². The van der Waals surface area contributed by atoms with Gasteiger partial charge in [0.05, 0.1) is 0 Å². The molecule has 1 unspecified atom stereocenters. The van der Waals surface area contributed by atoms with Crippen LogP contribution in [0.2, 0.25) is 5.02 Å². The molecule has 1 aromatic rings. The third-order valence-electron chi connectivity index (χ3n) is 1.60. The molecule has 0 spiro atoms. The number of carbonyl (C=O) groups is 1. The number of alkyl halides is 1. The van der Waals surface area contributed by atoms with E-state index < -0.39 is 5.97 Å². The van der Waals surface area contributed by atoms with Crippen LogP contribution in [-0.2, 0) is 11.2 Å². The Balaban J connectivity index is 2.64. The van der Waals surface area contributed by atoms with Crippen molar-refractivity contribution in [3.8, 4) is 0 Å². The standard InChI is InChI=1S/C9H8ClIO2/c10-7-3-1-6(2-4-7)5-8(11)9(12)13/h1-4,8H,5H2,(H,12,13). The first-order valence-corrected chi connectivity index (χ1v) is 5.33. The highest BCUT2D eigenvalue weighted by Crippen LogP contribution is 2.14. The molecule has 1 rings (SSSR count). The molecule has 0 amide bonds. The van der Waals surface area contributed by atoms with E-state index in [9.17, 15) is 4.79 Å². The fraction of sp³-hybridized carbons (Fsp3) is 0.222. The van der Waals surface area contributed by atoms with Gasteiger partial charge in [-0.3, -0.25) is 4.79 Å². The first-order valence-electron chi connectivity index (χ1n) is 3.71. The third kappa shape index (κ3) is 3.52. The van der Waals surface area contributed by atoms with Crippen LogP contribution in [0.25, 0.3) is 0 Å². The fourth-order valence-electron chi connectivity index (χ4n) is 0.915. The van der Waals surface area contributed by atoms with E-state index in [0.29, 0.717) is 11.4 Å². The number of benzene rings is 1. The van der Waals surface area contributed by atoms with Crippen molar-refractivity contribution in [2.45, 2.75) is 10.3 Å². The molecule has 1 N–H and O–H groups in total. The second-order valence-electron chi connectivity index (χ2n) is 2.64. The van der Waals surface area contributed by atoms with Crippen LogP contribution >= 0.6 is 34.2 Å². The summed E-state index contributed by atoms with van der Waals surface area (Å²) < 4.78 is -0.376. The molecule has 0 bridgehead atoms. The molecule has 1 atom stereocenters. The van der Waals surface area contributed by atoms with Gasteiger partial charge in [-0.2, -0.15) is 0 Å². The Morgan fingerprint density at radius 3 is 2.46 bits per heavy atom. The largest absolute Gasteiger partial charge is 0.480 e. The normalized spacial score (nSPS) is 12.5. The van der Waals surface area contributed by atoms with Gasteiger partial charge in [0.25, 0.3) is 0 Å². The zero-order valence-electron chi connectivity index (χ0n) is 6.71. The maximum atomic E-state index is 10.5. The SMILES string of the molecule is O=C(O)C(I)Cc1ccc(Cl)cc1. The van der Waals surface area contributed by atoms with E-state index in [2.05, 4.69) is 0 Å². The van der Waals surface area contributed by atoms with Crippen LogP contribution in [0.1, 0.15) is 5.56 Å². The number of carboxylic acid groups (broad SMARTS) is 1. The van der Waals surface area contributed by atoms with Crippen LogP contribution in [0.15, 0.2) is 24.3 Å². The first kappa shape index (κ1) is 10.8. The van der Waals surface area contributed by atoms with E-state index in [4.69, 9.17) is 16.7 Å². The van der Waals surface area contributed by atoms with Crippen molar-refractivity contribution in [3.05, 3.63) is 34.9 Å². The second kappa shape index (κ2) is 4.81. The number of hydrogen-bond acceptors (Lipinski definition) is 1. The number of carboxylic acids is 1. The lowest BCUT2D eigenvalue weighted by molar-refractivity contribution is -0.135. The fourth-order valence-corrected chi connectivity index (χ4v) is 1.55. The lowest BCUT2D eigenvalue weighted by atomic mass is 10.1. The molecule has 0 saturated heterocycles. The highest BCUT2D eigenvalue weighted by molar-refractivity contribution is 14.1. The van der Waals surface area contributed by atoms with Crippen LogP contribution in [0.4, 0.5) is 0 Å². The Bertz CT molecular complexity index is 297. The molecule has 0 aliphatic heterocycles.